The van der Waals surface area contributed by atoms with Gasteiger partial charge in [0, 0.05) is 38.7 Å². The van der Waals surface area contributed by atoms with E-state index in [0.717, 1.165) is 12.0 Å². The molecule has 0 aliphatic carbocycles. The van der Waals surface area contributed by atoms with E-state index >= 15 is 0 Å². The number of nitrogens with zero attached hydrogens (tertiary/aromatic N) is 4. The van der Waals surface area contributed by atoms with Crippen LogP contribution < -0.4 is 4.90 Å². The molecule has 1 amide bonds. The van der Waals surface area contributed by atoms with Crippen molar-refractivity contribution in [1.82, 2.24) is 14.8 Å². The Kier molecular flexibility index (Phi) is 4.38. The number of aryl methyl sites for hydroxylation is 1. The number of halogens is 1. The Morgan fingerprint density at radius 3 is 3.04 bits per heavy atom. The average molecular weight is 318 g/mol. The van der Waals surface area contributed by atoms with Gasteiger partial charge < -0.3 is 4.74 Å². The SMILES string of the molecule is CN(C(=O)[C@@H]1CCCO[C@H]1c1cnn(C)c1)c1ncccc1F. The van der Waals surface area contributed by atoms with Crippen molar-refractivity contribution < 1.29 is 13.9 Å². The molecule has 2 aromatic heterocycles. The van der Waals surface area contributed by atoms with Crippen LogP contribution in [0.5, 0.6) is 0 Å². The van der Waals surface area contributed by atoms with E-state index in [-0.39, 0.29) is 23.7 Å². The van der Waals surface area contributed by atoms with Gasteiger partial charge in [0.15, 0.2) is 11.6 Å². The van der Waals surface area contributed by atoms with E-state index in [0.29, 0.717) is 13.0 Å². The summed E-state index contributed by atoms with van der Waals surface area (Å²) in [6.45, 7) is 0.602. The molecule has 7 heteroatoms. The summed E-state index contributed by atoms with van der Waals surface area (Å²) in [5.74, 6) is -1.05. The third-order valence-corrected chi connectivity index (χ3v) is 4.08. The smallest absolute Gasteiger partial charge is 0.234 e. The lowest BCUT2D eigenvalue weighted by Crippen LogP contribution is -2.39. The van der Waals surface area contributed by atoms with Gasteiger partial charge in [0.05, 0.1) is 18.2 Å². The number of rotatable bonds is 3. The van der Waals surface area contributed by atoms with Gasteiger partial charge in [0.1, 0.15) is 0 Å². The number of carbonyl (C=O) groups is 1. The van der Waals surface area contributed by atoms with E-state index in [1.165, 1.54) is 23.2 Å². The molecule has 6 nitrogen and oxygen atoms in total. The molecular formula is C16H19FN4O2. The molecule has 3 rings (SSSR count). The number of pyridine rings is 1. The van der Waals surface area contributed by atoms with Crippen LogP contribution in [0.1, 0.15) is 24.5 Å². The Labute approximate surface area is 133 Å². The molecule has 0 spiro atoms. The highest BCUT2D eigenvalue weighted by Crippen LogP contribution is 2.35. The molecule has 122 valence electrons. The van der Waals surface area contributed by atoms with Crippen molar-refractivity contribution >= 4 is 11.7 Å². The van der Waals surface area contributed by atoms with Crippen molar-refractivity contribution in [2.75, 3.05) is 18.6 Å². The zero-order chi connectivity index (χ0) is 16.4. The second-order valence-electron chi connectivity index (χ2n) is 5.69. The summed E-state index contributed by atoms with van der Waals surface area (Å²) in [6, 6.07) is 2.79. The van der Waals surface area contributed by atoms with Crippen LogP contribution >= 0.6 is 0 Å². The number of carbonyl (C=O) groups excluding carboxylic acids is 1. The predicted octanol–water partition coefficient (Wildman–Crippen LogP) is 2.08. The van der Waals surface area contributed by atoms with E-state index in [1.54, 1.807) is 17.9 Å². The highest BCUT2D eigenvalue weighted by atomic mass is 19.1. The molecule has 0 N–H and O–H groups in total. The summed E-state index contributed by atoms with van der Waals surface area (Å²) in [7, 11) is 3.36. The first-order valence-electron chi connectivity index (χ1n) is 7.56. The lowest BCUT2D eigenvalue weighted by atomic mass is 9.89. The van der Waals surface area contributed by atoms with Crippen LogP contribution in [0.4, 0.5) is 10.2 Å². The van der Waals surface area contributed by atoms with Crippen molar-refractivity contribution in [3.05, 3.63) is 42.1 Å². The van der Waals surface area contributed by atoms with Crippen molar-refractivity contribution in [3.8, 4) is 0 Å². The summed E-state index contributed by atoms with van der Waals surface area (Å²) in [5, 5.41) is 4.14. The first-order valence-corrected chi connectivity index (χ1v) is 7.56. The third kappa shape index (κ3) is 3.10. The number of hydrogen-bond acceptors (Lipinski definition) is 4. The highest BCUT2D eigenvalue weighted by Gasteiger charge is 2.36. The van der Waals surface area contributed by atoms with E-state index in [9.17, 15) is 9.18 Å². The fraction of sp³-hybridized carbons (Fsp3) is 0.438. The highest BCUT2D eigenvalue weighted by molar-refractivity contribution is 5.94. The van der Waals surface area contributed by atoms with Crippen LogP contribution in [0.2, 0.25) is 0 Å². The number of aromatic nitrogens is 3. The standard InChI is InChI=1S/C16H19FN4O2/c1-20-10-11(9-19-20)14-12(5-4-8-23-14)16(22)21(2)15-13(17)6-3-7-18-15/h3,6-7,9-10,12,14H,4-5,8H2,1-2H3/t12-,14+/m1/s1. The van der Waals surface area contributed by atoms with E-state index in [2.05, 4.69) is 10.1 Å². The molecule has 1 aliphatic rings. The van der Waals surface area contributed by atoms with Crippen molar-refractivity contribution in [3.63, 3.8) is 0 Å². The van der Waals surface area contributed by atoms with Gasteiger partial charge in [-0.15, -0.1) is 0 Å². The van der Waals surface area contributed by atoms with E-state index in [4.69, 9.17) is 4.74 Å². The zero-order valence-electron chi connectivity index (χ0n) is 13.1. The molecule has 1 aliphatic heterocycles. The minimum absolute atomic E-state index is 0.0352. The van der Waals surface area contributed by atoms with Crippen LogP contribution in [0.3, 0.4) is 0 Å². The fourth-order valence-corrected chi connectivity index (χ4v) is 2.93. The quantitative estimate of drug-likeness (QED) is 0.869. The van der Waals surface area contributed by atoms with Crippen LogP contribution in [-0.4, -0.2) is 34.3 Å². The van der Waals surface area contributed by atoms with Crippen LogP contribution in [-0.2, 0) is 16.6 Å². The summed E-state index contributed by atoms with van der Waals surface area (Å²) in [5.41, 5.74) is 0.862. The average Bonchev–Trinajstić information content (AvgIpc) is 3.00. The lowest BCUT2D eigenvalue weighted by molar-refractivity contribution is -0.131. The molecule has 2 atom stereocenters. The normalized spacial score (nSPS) is 21.2. The van der Waals surface area contributed by atoms with Crippen molar-refractivity contribution in [1.29, 1.82) is 0 Å². The van der Waals surface area contributed by atoms with E-state index < -0.39 is 5.82 Å². The van der Waals surface area contributed by atoms with Crippen LogP contribution in [0.25, 0.3) is 0 Å². The maximum absolute atomic E-state index is 13.9. The van der Waals surface area contributed by atoms with Crippen LogP contribution in [0, 0.1) is 11.7 Å². The number of amides is 1. The van der Waals surface area contributed by atoms with Gasteiger partial charge in [-0.1, -0.05) is 0 Å². The maximum atomic E-state index is 13.9. The van der Waals surface area contributed by atoms with Crippen LogP contribution in [0.15, 0.2) is 30.7 Å². The summed E-state index contributed by atoms with van der Waals surface area (Å²) >= 11 is 0. The molecule has 1 saturated heterocycles. The first kappa shape index (κ1) is 15.6. The Hall–Kier alpha value is -2.28. The first-order chi connectivity index (χ1) is 11.1. The topological polar surface area (TPSA) is 60.3 Å². The second-order valence-corrected chi connectivity index (χ2v) is 5.69. The zero-order valence-corrected chi connectivity index (χ0v) is 13.1. The van der Waals surface area contributed by atoms with Gasteiger partial charge in [-0.25, -0.2) is 9.37 Å². The molecule has 0 radical (unpaired) electrons. The molecule has 0 saturated carbocycles. The number of ether oxygens (including phenoxy) is 1. The predicted molar refractivity (Wildman–Crippen MR) is 82.2 cm³/mol. The largest absolute Gasteiger partial charge is 0.373 e. The van der Waals surface area contributed by atoms with Gasteiger partial charge in [-0.2, -0.15) is 5.10 Å². The Morgan fingerprint density at radius 1 is 1.52 bits per heavy atom. The van der Waals surface area contributed by atoms with Gasteiger partial charge in [0.25, 0.3) is 0 Å². The molecule has 0 unspecified atom stereocenters. The van der Waals surface area contributed by atoms with Gasteiger partial charge >= 0.3 is 0 Å². The molecular weight excluding hydrogens is 299 g/mol. The molecule has 0 aromatic carbocycles. The Balaban J connectivity index is 1.85. The number of anilines is 1. The Bertz CT molecular complexity index is 703. The second kappa shape index (κ2) is 6.45. The third-order valence-electron chi connectivity index (χ3n) is 4.08. The molecule has 3 heterocycles. The summed E-state index contributed by atoms with van der Waals surface area (Å²) < 4.78 is 21.4. The van der Waals surface area contributed by atoms with Crippen molar-refractivity contribution in [2.45, 2.75) is 18.9 Å². The molecule has 23 heavy (non-hydrogen) atoms. The summed E-state index contributed by atoms with van der Waals surface area (Å²) in [4.78, 5) is 18.1. The fourth-order valence-electron chi connectivity index (χ4n) is 2.93. The van der Waals surface area contributed by atoms with Crippen molar-refractivity contribution in [2.24, 2.45) is 13.0 Å². The summed E-state index contributed by atoms with van der Waals surface area (Å²) in [6.07, 6.45) is 6.15. The Morgan fingerprint density at radius 2 is 2.35 bits per heavy atom. The minimum Gasteiger partial charge on any atom is -0.373 e. The molecule has 2 aromatic rings. The van der Waals surface area contributed by atoms with Gasteiger partial charge in [-0.3, -0.25) is 14.4 Å². The number of hydrogen-bond donors (Lipinski definition) is 0. The monoisotopic (exact) mass is 318 g/mol. The van der Waals surface area contributed by atoms with Gasteiger partial charge in [-0.05, 0) is 25.0 Å². The maximum Gasteiger partial charge on any atom is 0.234 e. The molecule has 0 bridgehead atoms. The molecule has 1 fully saturated rings. The lowest BCUT2D eigenvalue weighted by Gasteiger charge is -2.32. The minimum atomic E-state index is -0.516. The van der Waals surface area contributed by atoms with E-state index in [1.807, 2.05) is 13.2 Å². The van der Waals surface area contributed by atoms with Gasteiger partial charge in [0.2, 0.25) is 5.91 Å².